The summed E-state index contributed by atoms with van der Waals surface area (Å²) in [6.07, 6.45) is 2.05. The van der Waals surface area contributed by atoms with Crippen molar-refractivity contribution in [1.82, 2.24) is 14.6 Å². The van der Waals surface area contributed by atoms with Crippen molar-refractivity contribution >= 4 is 23.3 Å². The number of carbonyl (C=O) groups is 2. The number of carbonyl (C=O) groups excluding carboxylic acids is 2. The first kappa shape index (κ1) is 19.3. The minimum absolute atomic E-state index is 0.123. The summed E-state index contributed by atoms with van der Waals surface area (Å²) in [7, 11) is 2.95. The normalized spacial score (nSPS) is 11.8. The van der Waals surface area contributed by atoms with Crippen molar-refractivity contribution in [3.63, 3.8) is 0 Å². The SMILES string of the molecule is COC(=O)C[C@H](C)CC(=O)Nc1cn2nc(-c3cccc(OC)c3)ccc2n1. The fraction of sp³-hybridized carbons (Fsp3) is 0.300. The molecule has 1 atom stereocenters. The summed E-state index contributed by atoms with van der Waals surface area (Å²) in [6, 6.07) is 11.3. The minimum atomic E-state index is -0.331. The Labute approximate surface area is 162 Å². The largest absolute Gasteiger partial charge is 0.497 e. The van der Waals surface area contributed by atoms with Gasteiger partial charge in [0.25, 0.3) is 0 Å². The van der Waals surface area contributed by atoms with E-state index in [-0.39, 0.29) is 30.6 Å². The number of ether oxygens (including phenoxy) is 2. The third-order valence-corrected chi connectivity index (χ3v) is 4.23. The van der Waals surface area contributed by atoms with Gasteiger partial charge in [0.15, 0.2) is 11.5 Å². The third-order valence-electron chi connectivity index (χ3n) is 4.23. The Hall–Kier alpha value is -3.42. The van der Waals surface area contributed by atoms with Crippen LogP contribution >= 0.6 is 0 Å². The number of imidazole rings is 1. The predicted molar refractivity (Wildman–Crippen MR) is 104 cm³/mol. The molecule has 1 N–H and O–H groups in total. The zero-order valence-corrected chi connectivity index (χ0v) is 16.0. The van der Waals surface area contributed by atoms with Crippen molar-refractivity contribution in [2.75, 3.05) is 19.5 Å². The van der Waals surface area contributed by atoms with Crippen molar-refractivity contribution < 1.29 is 19.1 Å². The Bertz CT molecular complexity index is 999. The van der Waals surface area contributed by atoms with E-state index in [4.69, 9.17) is 4.74 Å². The second-order valence-corrected chi connectivity index (χ2v) is 6.52. The first-order chi connectivity index (χ1) is 13.5. The van der Waals surface area contributed by atoms with Crippen LogP contribution in [0.4, 0.5) is 5.82 Å². The van der Waals surface area contributed by atoms with Gasteiger partial charge in [-0.3, -0.25) is 9.59 Å². The molecule has 0 spiro atoms. The summed E-state index contributed by atoms with van der Waals surface area (Å²) in [5.41, 5.74) is 2.29. The average Bonchev–Trinajstić information content (AvgIpc) is 3.08. The van der Waals surface area contributed by atoms with Crippen LogP contribution in [0.1, 0.15) is 19.8 Å². The van der Waals surface area contributed by atoms with E-state index in [1.54, 1.807) is 17.8 Å². The summed E-state index contributed by atoms with van der Waals surface area (Å²) in [5.74, 6) is 0.488. The zero-order valence-electron chi connectivity index (χ0n) is 16.0. The number of anilines is 1. The molecule has 28 heavy (non-hydrogen) atoms. The van der Waals surface area contributed by atoms with E-state index in [0.29, 0.717) is 11.5 Å². The topological polar surface area (TPSA) is 94.8 Å². The Balaban J connectivity index is 1.72. The van der Waals surface area contributed by atoms with Crippen LogP contribution in [-0.2, 0) is 14.3 Å². The number of nitrogens with one attached hydrogen (secondary N) is 1. The zero-order chi connectivity index (χ0) is 20.1. The molecule has 0 saturated heterocycles. The number of hydrogen-bond acceptors (Lipinski definition) is 6. The monoisotopic (exact) mass is 382 g/mol. The van der Waals surface area contributed by atoms with Gasteiger partial charge in [-0.25, -0.2) is 9.50 Å². The fourth-order valence-electron chi connectivity index (χ4n) is 2.83. The number of rotatable bonds is 7. The van der Waals surface area contributed by atoms with Crippen molar-refractivity contribution in [2.45, 2.75) is 19.8 Å². The molecule has 3 rings (SSSR count). The van der Waals surface area contributed by atoms with E-state index in [0.717, 1.165) is 17.0 Å². The maximum Gasteiger partial charge on any atom is 0.305 e. The van der Waals surface area contributed by atoms with E-state index in [1.807, 2.05) is 43.3 Å². The van der Waals surface area contributed by atoms with Gasteiger partial charge in [0, 0.05) is 18.4 Å². The van der Waals surface area contributed by atoms with Crippen LogP contribution in [0.15, 0.2) is 42.6 Å². The number of esters is 1. The summed E-state index contributed by atoms with van der Waals surface area (Å²) in [4.78, 5) is 27.8. The number of aromatic nitrogens is 3. The van der Waals surface area contributed by atoms with Gasteiger partial charge in [-0.1, -0.05) is 19.1 Å². The molecule has 8 heteroatoms. The second-order valence-electron chi connectivity index (χ2n) is 6.52. The van der Waals surface area contributed by atoms with Gasteiger partial charge in [0.05, 0.1) is 26.1 Å². The molecular formula is C20H22N4O4. The second kappa shape index (κ2) is 8.51. The molecule has 0 aliphatic rings. The summed E-state index contributed by atoms with van der Waals surface area (Å²) in [6.45, 7) is 1.82. The molecule has 2 aromatic heterocycles. The van der Waals surface area contributed by atoms with Crippen molar-refractivity contribution in [3.8, 4) is 17.0 Å². The smallest absolute Gasteiger partial charge is 0.305 e. The fourth-order valence-corrected chi connectivity index (χ4v) is 2.83. The average molecular weight is 382 g/mol. The lowest BCUT2D eigenvalue weighted by molar-refractivity contribution is -0.141. The molecule has 1 aromatic carbocycles. The van der Waals surface area contributed by atoms with Gasteiger partial charge < -0.3 is 14.8 Å². The number of fused-ring (bicyclic) bond motifs is 1. The van der Waals surface area contributed by atoms with Crippen molar-refractivity contribution in [2.24, 2.45) is 5.92 Å². The summed E-state index contributed by atoms with van der Waals surface area (Å²) >= 11 is 0. The Morgan fingerprint density at radius 3 is 2.75 bits per heavy atom. The van der Waals surface area contributed by atoms with Gasteiger partial charge in [0.1, 0.15) is 5.75 Å². The molecule has 0 fully saturated rings. The van der Waals surface area contributed by atoms with Crippen LogP contribution in [0.5, 0.6) is 5.75 Å². The Morgan fingerprint density at radius 1 is 1.18 bits per heavy atom. The number of hydrogen-bond donors (Lipinski definition) is 1. The highest BCUT2D eigenvalue weighted by molar-refractivity contribution is 5.90. The molecule has 1 amide bonds. The van der Waals surface area contributed by atoms with Crippen LogP contribution < -0.4 is 10.1 Å². The number of nitrogens with zero attached hydrogens (tertiary/aromatic N) is 3. The quantitative estimate of drug-likeness (QED) is 0.632. The lowest BCUT2D eigenvalue weighted by atomic mass is 10.0. The lowest BCUT2D eigenvalue weighted by Gasteiger charge is -2.08. The Morgan fingerprint density at radius 2 is 2.00 bits per heavy atom. The van der Waals surface area contributed by atoms with Crippen LogP contribution in [0.3, 0.4) is 0 Å². The number of methoxy groups -OCH3 is 2. The third kappa shape index (κ3) is 4.64. The van der Waals surface area contributed by atoms with Crippen LogP contribution in [0.2, 0.25) is 0 Å². The highest BCUT2D eigenvalue weighted by Crippen LogP contribution is 2.22. The van der Waals surface area contributed by atoms with Gasteiger partial charge in [0.2, 0.25) is 5.91 Å². The van der Waals surface area contributed by atoms with Gasteiger partial charge in [-0.2, -0.15) is 5.10 Å². The van der Waals surface area contributed by atoms with E-state index in [1.165, 1.54) is 7.11 Å². The van der Waals surface area contributed by atoms with E-state index in [2.05, 4.69) is 20.1 Å². The number of benzene rings is 1. The van der Waals surface area contributed by atoms with E-state index >= 15 is 0 Å². The maximum atomic E-state index is 12.2. The maximum absolute atomic E-state index is 12.2. The van der Waals surface area contributed by atoms with Gasteiger partial charge >= 0.3 is 5.97 Å². The van der Waals surface area contributed by atoms with Crippen LogP contribution in [0.25, 0.3) is 16.9 Å². The van der Waals surface area contributed by atoms with E-state index < -0.39 is 0 Å². The van der Waals surface area contributed by atoms with E-state index in [9.17, 15) is 9.59 Å². The number of amides is 1. The highest BCUT2D eigenvalue weighted by atomic mass is 16.5. The van der Waals surface area contributed by atoms with Crippen LogP contribution in [0, 0.1) is 5.92 Å². The molecule has 2 heterocycles. The van der Waals surface area contributed by atoms with Gasteiger partial charge in [-0.05, 0) is 30.2 Å². The summed E-state index contributed by atoms with van der Waals surface area (Å²) < 4.78 is 11.5. The van der Waals surface area contributed by atoms with Crippen molar-refractivity contribution in [3.05, 3.63) is 42.6 Å². The summed E-state index contributed by atoms with van der Waals surface area (Å²) in [5, 5.41) is 7.29. The van der Waals surface area contributed by atoms with Gasteiger partial charge in [-0.15, -0.1) is 0 Å². The molecule has 0 bridgehead atoms. The molecule has 0 aliphatic heterocycles. The molecule has 146 valence electrons. The molecular weight excluding hydrogens is 360 g/mol. The van der Waals surface area contributed by atoms with Crippen LogP contribution in [-0.4, -0.2) is 40.7 Å². The highest BCUT2D eigenvalue weighted by Gasteiger charge is 2.15. The molecule has 8 nitrogen and oxygen atoms in total. The standard InChI is InChI=1S/C20H22N4O4/c1-13(10-20(26)28-3)9-19(25)22-17-12-24-18(21-17)8-7-16(23-24)14-5-4-6-15(11-14)27-2/h4-8,11-13H,9-10H2,1-3H3,(H,22,25)/t13-/m1/s1. The molecule has 0 unspecified atom stereocenters. The van der Waals surface area contributed by atoms with Crippen molar-refractivity contribution in [1.29, 1.82) is 0 Å². The first-order valence-corrected chi connectivity index (χ1v) is 8.86. The molecule has 0 saturated carbocycles. The first-order valence-electron chi connectivity index (χ1n) is 8.86. The minimum Gasteiger partial charge on any atom is -0.497 e. The molecule has 0 aliphatic carbocycles. The molecule has 3 aromatic rings. The lowest BCUT2D eigenvalue weighted by Crippen LogP contribution is -2.17. The molecule has 0 radical (unpaired) electrons. The Kier molecular flexibility index (Phi) is 5.88. The predicted octanol–water partition coefficient (Wildman–Crippen LogP) is 2.93.